The maximum Gasteiger partial charge on any atom is 0.153 e. The van der Waals surface area contributed by atoms with Crippen LogP contribution in [0.25, 0.3) is 0 Å². The molecule has 4 nitrogen and oxygen atoms in total. The number of sulfone groups is 1. The van der Waals surface area contributed by atoms with Crippen LogP contribution in [0.1, 0.15) is 20.8 Å². The number of rotatable bonds is 6. The van der Waals surface area contributed by atoms with Crippen molar-refractivity contribution >= 4 is 9.84 Å². The molecule has 0 aliphatic carbocycles. The molecule has 0 rings (SSSR count). The maximum atomic E-state index is 11.4. The third kappa shape index (κ3) is 5.49. The van der Waals surface area contributed by atoms with Gasteiger partial charge in [0.05, 0.1) is 4.75 Å². The van der Waals surface area contributed by atoms with Crippen molar-refractivity contribution in [2.75, 3.05) is 33.4 Å². The highest BCUT2D eigenvalue weighted by Crippen LogP contribution is 2.13. The summed E-state index contributed by atoms with van der Waals surface area (Å²) in [6.07, 6.45) is 1.28. The largest absolute Gasteiger partial charge is 0.311 e. The summed E-state index contributed by atoms with van der Waals surface area (Å²) < 4.78 is 22.2. The van der Waals surface area contributed by atoms with Crippen LogP contribution in [0.3, 0.4) is 0 Å². The van der Waals surface area contributed by atoms with E-state index in [4.69, 9.17) is 0 Å². The molecule has 5 heteroatoms. The lowest BCUT2D eigenvalue weighted by Gasteiger charge is -2.26. The fraction of sp³-hybridized carbons (Fsp3) is 1.00. The van der Waals surface area contributed by atoms with E-state index in [1.807, 2.05) is 14.1 Å². The Balaban J connectivity index is 4.16. The van der Waals surface area contributed by atoms with Crippen LogP contribution in [0.4, 0.5) is 0 Å². The van der Waals surface area contributed by atoms with E-state index in [0.29, 0.717) is 12.6 Å². The Morgan fingerprint density at radius 3 is 2.13 bits per heavy atom. The minimum absolute atomic E-state index is 0.293. The van der Waals surface area contributed by atoms with Gasteiger partial charge >= 0.3 is 0 Å². The maximum absolute atomic E-state index is 11.4. The van der Waals surface area contributed by atoms with E-state index in [1.165, 1.54) is 6.26 Å². The monoisotopic (exact) mass is 236 g/mol. The Labute approximate surface area is 94.0 Å². The standard InChI is InChI=1S/C10H24N2O2S/c1-9(7-12(4)5)11-8-10(2,3)15(6,13)14/h9,11H,7-8H2,1-6H3. The minimum atomic E-state index is -3.00. The highest BCUT2D eigenvalue weighted by Gasteiger charge is 2.30. The van der Waals surface area contributed by atoms with Gasteiger partial charge in [-0.25, -0.2) is 8.42 Å². The number of nitrogens with zero attached hydrogens (tertiary/aromatic N) is 1. The summed E-state index contributed by atoms with van der Waals surface area (Å²) in [6, 6.07) is 0.293. The van der Waals surface area contributed by atoms with Gasteiger partial charge in [-0.1, -0.05) is 0 Å². The number of hydrogen-bond acceptors (Lipinski definition) is 4. The molecule has 0 aromatic rings. The molecule has 1 atom stereocenters. The van der Waals surface area contributed by atoms with Gasteiger partial charge in [0.1, 0.15) is 0 Å². The fourth-order valence-corrected chi connectivity index (χ4v) is 1.51. The minimum Gasteiger partial charge on any atom is -0.311 e. The van der Waals surface area contributed by atoms with Crippen molar-refractivity contribution in [2.45, 2.75) is 31.6 Å². The molecule has 92 valence electrons. The molecule has 0 fully saturated rings. The molecule has 0 spiro atoms. The molecule has 1 unspecified atom stereocenters. The predicted octanol–water partition coefficient (Wildman–Crippen LogP) is 0.349. The van der Waals surface area contributed by atoms with Gasteiger partial charge in [-0.3, -0.25) is 0 Å². The normalized spacial score (nSPS) is 15.7. The van der Waals surface area contributed by atoms with Crippen LogP contribution >= 0.6 is 0 Å². The zero-order valence-corrected chi connectivity index (χ0v) is 11.5. The van der Waals surface area contributed by atoms with E-state index < -0.39 is 14.6 Å². The quantitative estimate of drug-likeness (QED) is 0.723. The van der Waals surface area contributed by atoms with Crippen molar-refractivity contribution < 1.29 is 8.42 Å². The molecule has 0 aromatic carbocycles. The summed E-state index contributed by atoms with van der Waals surface area (Å²) in [4.78, 5) is 2.07. The summed E-state index contributed by atoms with van der Waals surface area (Å²) in [5.74, 6) is 0. The Morgan fingerprint density at radius 2 is 1.80 bits per heavy atom. The highest BCUT2D eigenvalue weighted by molar-refractivity contribution is 7.92. The third-order valence-corrected chi connectivity index (χ3v) is 4.67. The van der Waals surface area contributed by atoms with Crippen LogP contribution in [0.2, 0.25) is 0 Å². The van der Waals surface area contributed by atoms with Gasteiger partial charge in [0.2, 0.25) is 0 Å². The summed E-state index contributed by atoms with van der Waals surface area (Å²) in [5.41, 5.74) is 0. The summed E-state index contributed by atoms with van der Waals surface area (Å²) in [7, 11) is 0.997. The first-order valence-electron chi connectivity index (χ1n) is 5.14. The Kier molecular flexibility index (Phi) is 5.23. The first kappa shape index (κ1) is 14.9. The molecule has 15 heavy (non-hydrogen) atoms. The van der Waals surface area contributed by atoms with Crippen LogP contribution in [0.5, 0.6) is 0 Å². The molecule has 0 aliphatic rings. The smallest absolute Gasteiger partial charge is 0.153 e. The Hall–Kier alpha value is -0.130. The van der Waals surface area contributed by atoms with Crippen LogP contribution < -0.4 is 5.32 Å². The lowest BCUT2D eigenvalue weighted by molar-refractivity contribution is 0.343. The fourth-order valence-electron chi connectivity index (χ4n) is 1.16. The van der Waals surface area contributed by atoms with E-state index in [9.17, 15) is 8.42 Å². The van der Waals surface area contributed by atoms with E-state index in [2.05, 4.69) is 17.1 Å². The molecule has 0 saturated carbocycles. The number of hydrogen-bond donors (Lipinski definition) is 1. The average molecular weight is 236 g/mol. The first-order chi connectivity index (χ1) is 6.56. The lowest BCUT2D eigenvalue weighted by atomic mass is 10.2. The summed E-state index contributed by atoms with van der Waals surface area (Å²) in [5, 5.41) is 3.24. The van der Waals surface area contributed by atoms with Crippen molar-refractivity contribution in [3.05, 3.63) is 0 Å². The average Bonchev–Trinajstić information content (AvgIpc) is 1.97. The van der Waals surface area contributed by atoms with Crippen LogP contribution in [0.15, 0.2) is 0 Å². The zero-order chi connectivity index (χ0) is 12.3. The van der Waals surface area contributed by atoms with Crippen molar-refractivity contribution in [2.24, 2.45) is 0 Å². The van der Waals surface area contributed by atoms with Crippen molar-refractivity contribution in [3.63, 3.8) is 0 Å². The van der Waals surface area contributed by atoms with Gasteiger partial charge in [0.25, 0.3) is 0 Å². The van der Waals surface area contributed by atoms with E-state index >= 15 is 0 Å². The van der Waals surface area contributed by atoms with Gasteiger partial charge in [0.15, 0.2) is 9.84 Å². The van der Waals surface area contributed by atoms with Crippen LogP contribution in [-0.2, 0) is 9.84 Å². The number of likely N-dealkylation sites (N-methyl/N-ethyl adjacent to an activating group) is 1. The predicted molar refractivity (Wildman–Crippen MR) is 64.9 cm³/mol. The van der Waals surface area contributed by atoms with E-state index in [0.717, 1.165) is 6.54 Å². The van der Waals surface area contributed by atoms with Gasteiger partial charge in [0, 0.05) is 25.4 Å². The molecule has 1 N–H and O–H groups in total. The third-order valence-electron chi connectivity index (χ3n) is 2.52. The molecule has 0 aliphatic heterocycles. The summed E-state index contributed by atoms with van der Waals surface area (Å²) >= 11 is 0. The Bertz CT molecular complexity index is 284. The van der Waals surface area contributed by atoms with Crippen molar-refractivity contribution in [1.29, 1.82) is 0 Å². The first-order valence-corrected chi connectivity index (χ1v) is 7.03. The van der Waals surface area contributed by atoms with Crippen LogP contribution in [0, 0.1) is 0 Å². The van der Waals surface area contributed by atoms with Crippen LogP contribution in [-0.4, -0.2) is 57.5 Å². The van der Waals surface area contributed by atoms with E-state index in [1.54, 1.807) is 13.8 Å². The molecule has 0 saturated heterocycles. The van der Waals surface area contributed by atoms with Gasteiger partial charge < -0.3 is 10.2 Å². The molecule has 0 amide bonds. The van der Waals surface area contributed by atoms with Crippen molar-refractivity contribution in [3.8, 4) is 0 Å². The molecule has 0 aromatic heterocycles. The highest BCUT2D eigenvalue weighted by atomic mass is 32.2. The van der Waals surface area contributed by atoms with Crippen molar-refractivity contribution in [1.82, 2.24) is 10.2 Å². The number of nitrogens with one attached hydrogen (secondary N) is 1. The molecule has 0 radical (unpaired) electrons. The lowest BCUT2D eigenvalue weighted by Crippen LogP contribution is -2.46. The Morgan fingerprint density at radius 1 is 1.33 bits per heavy atom. The summed E-state index contributed by atoms with van der Waals surface area (Å²) in [6.45, 7) is 6.94. The molecule has 0 bridgehead atoms. The second-order valence-electron chi connectivity index (χ2n) is 5.08. The molecular formula is C10H24N2O2S. The second-order valence-corrected chi connectivity index (χ2v) is 7.73. The molecule has 0 heterocycles. The van der Waals surface area contributed by atoms with Gasteiger partial charge in [-0.15, -0.1) is 0 Å². The topological polar surface area (TPSA) is 49.4 Å². The SMILES string of the molecule is CC(CN(C)C)NCC(C)(C)S(C)(=O)=O. The van der Waals surface area contributed by atoms with Gasteiger partial charge in [-0.2, -0.15) is 0 Å². The second kappa shape index (κ2) is 5.27. The molecular weight excluding hydrogens is 212 g/mol. The zero-order valence-electron chi connectivity index (χ0n) is 10.7. The van der Waals surface area contributed by atoms with Gasteiger partial charge in [-0.05, 0) is 34.9 Å². The van der Waals surface area contributed by atoms with E-state index in [-0.39, 0.29) is 0 Å².